The molecule has 88 valence electrons. The highest BCUT2D eigenvalue weighted by molar-refractivity contribution is 9.10. The topological polar surface area (TPSA) is 68.3 Å². The maximum atomic E-state index is 11.8. The van der Waals surface area contributed by atoms with Crippen molar-refractivity contribution in [2.45, 2.75) is 0 Å². The van der Waals surface area contributed by atoms with E-state index in [0.29, 0.717) is 26.6 Å². The maximum Gasteiger partial charge on any atom is 0.260 e. The molecule has 1 amide bonds. The third-order valence-electron chi connectivity index (χ3n) is 2.12. The second kappa shape index (κ2) is 4.81. The lowest BCUT2D eigenvalue weighted by atomic mass is 10.2. The zero-order valence-corrected chi connectivity index (χ0v) is 10.9. The highest BCUT2D eigenvalue weighted by Crippen LogP contribution is 2.24. The van der Waals surface area contributed by atoms with Crippen LogP contribution in [0.2, 0.25) is 5.02 Å². The molecule has 0 saturated carbocycles. The molecule has 0 saturated heterocycles. The van der Waals surface area contributed by atoms with Gasteiger partial charge in [-0.05, 0) is 40.2 Å². The van der Waals surface area contributed by atoms with Gasteiger partial charge in [0.05, 0.1) is 22.5 Å². The number of halogens is 2. The number of carbonyl (C=O) groups is 1. The van der Waals surface area contributed by atoms with Crippen LogP contribution in [0.3, 0.4) is 0 Å². The van der Waals surface area contributed by atoms with Crippen molar-refractivity contribution < 1.29 is 9.21 Å². The number of rotatable bonds is 2. The Morgan fingerprint density at radius 3 is 2.76 bits per heavy atom. The smallest absolute Gasteiger partial charge is 0.260 e. The lowest BCUT2D eigenvalue weighted by Gasteiger charge is -2.05. The standard InChI is InChI=1S/C11H8BrClN2O2/c12-10-7(3-4-17-10)11(16)15-6-1-2-9(14)8(13)5-6/h1-5H,14H2,(H,15,16). The molecule has 0 radical (unpaired) electrons. The van der Waals surface area contributed by atoms with E-state index in [-0.39, 0.29) is 5.91 Å². The number of nitrogens with two attached hydrogens (primary N) is 1. The first-order valence-electron chi connectivity index (χ1n) is 4.67. The van der Waals surface area contributed by atoms with Crippen LogP contribution in [0.5, 0.6) is 0 Å². The number of anilines is 2. The van der Waals surface area contributed by atoms with Crippen molar-refractivity contribution in [3.63, 3.8) is 0 Å². The van der Waals surface area contributed by atoms with Gasteiger partial charge >= 0.3 is 0 Å². The van der Waals surface area contributed by atoms with E-state index >= 15 is 0 Å². The molecular formula is C11H8BrClN2O2. The van der Waals surface area contributed by atoms with Crippen LogP contribution >= 0.6 is 27.5 Å². The normalized spacial score (nSPS) is 10.2. The number of furan rings is 1. The average Bonchev–Trinajstić information content (AvgIpc) is 2.70. The summed E-state index contributed by atoms with van der Waals surface area (Å²) in [6.45, 7) is 0. The van der Waals surface area contributed by atoms with Gasteiger partial charge in [-0.25, -0.2) is 0 Å². The van der Waals surface area contributed by atoms with Gasteiger partial charge in [0.2, 0.25) is 0 Å². The van der Waals surface area contributed by atoms with Crippen LogP contribution in [0.4, 0.5) is 11.4 Å². The molecule has 0 spiro atoms. The van der Waals surface area contributed by atoms with Gasteiger partial charge in [-0.2, -0.15) is 0 Å². The Kier molecular flexibility index (Phi) is 3.40. The first-order chi connectivity index (χ1) is 8.08. The van der Waals surface area contributed by atoms with Gasteiger partial charge in [0, 0.05) is 5.69 Å². The predicted octanol–water partition coefficient (Wildman–Crippen LogP) is 3.53. The fraction of sp³-hybridized carbons (Fsp3) is 0. The van der Waals surface area contributed by atoms with E-state index < -0.39 is 0 Å². The molecule has 17 heavy (non-hydrogen) atoms. The van der Waals surface area contributed by atoms with Crippen molar-refractivity contribution in [2.75, 3.05) is 11.1 Å². The number of nitrogens with one attached hydrogen (secondary N) is 1. The summed E-state index contributed by atoms with van der Waals surface area (Å²) in [5.74, 6) is -0.286. The quantitative estimate of drug-likeness (QED) is 0.833. The largest absolute Gasteiger partial charge is 0.457 e. The van der Waals surface area contributed by atoms with Crippen LogP contribution in [0.15, 0.2) is 39.6 Å². The predicted molar refractivity (Wildman–Crippen MR) is 70.2 cm³/mol. The highest BCUT2D eigenvalue weighted by atomic mass is 79.9. The van der Waals surface area contributed by atoms with Crippen molar-refractivity contribution in [3.8, 4) is 0 Å². The third kappa shape index (κ3) is 2.62. The zero-order chi connectivity index (χ0) is 12.4. The molecule has 3 N–H and O–H groups in total. The molecule has 0 aliphatic rings. The van der Waals surface area contributed by atoms with E-state index in [1.807, 2.05) is 0 Å². The van der Waals surface area contributed by atoms with Gasteiger partial charge in [-0.1, -0.05) is 11.6 Å². The summed E-state index contributed by atoms with van der Waals surface area (Å²) in [6.07, 6.45) is 1.43. The minimum atomic E-state index is -0.286. The van der Waals surface area contributed by atoms with Gasteiger partial charge in [-0.15, -0.1) is 0 Å². The van der Waals surface area contributed by atoms with E-state index in [1.165, 1.54) is 6.26 Å². The van der Waals surface area contributed by atoms with Crippen LogP contribution in [0, 0.1) is 0 Å². The molecule has 2 rings (SSSR count). The van der Waals surface area contributed by atoms with Crippen LogP contribution in [0.1, 0.15) is 10.4 Å². The first-order valence-corrected chi connectivity index (χ1v) is 5.84. The Balaban J connectivity index is 2.19. The number of amides is 1. The van der Waals surface area contributed by atoms with Crippen molar-refractivity contribution >= 4 is 44.8 Å². The molecule has 0 aliphatic carbocycles. The zero-order valence-electron chi connectivity index (χ0n) is 8.54. The third-order valence-corrected chi connectivity index (χ3v) is 3.06. The number of nitrogen functional groups attached to an aromatic ring is 1. The fourth-order valence-electron chi connectivity index (χ4n) is 1.26. The summed E-state index contributed by atoms with van der Waals surface area (Å²) in [4.78, 5) is 11.8. The van der Waals surface area contributed by atoms with Crippen LogP contribution in [-0.4, -0.2) is 5.91 Å². The molecule has 0 atom stereocenters. The number of benzene rings is 1. The SMILES string of the molecule is Nc1ccc(NC(=O)c2ccoc2Br)cc1Cl. The number of hydrogen-bond donors (Lipinski definition) is 2. The molecule has 0 unspecified atom stereocenters. The van der Waals surface area contributed by atoms with Gasteiger partial charge < -0.3 is 15.5 Å². The highest BCUT2D eigenvalue weighted by Gasteiger charge is 2.12. The summed E-state index contributed by atoms with van der Waals surface area (Å²) in [5, 5.41) is 3.08. The van der Waals surface area contributed by atoms with Crippen LogP contribution in [-0.2, 0) is 0 Å². The molecule has 1 heterocycles. The van der Waals surface area contributed by atoms with Crippen LogP contribution in [0.25, 0.3) is 0 Å². The van der Waals surface area contributed by atoms with Gasteiger partial charge in [-0.3, -0.25) is 4.79 Å². The first kappa shape index (κ1) is 12.0. The van der Waals surface area contributed by atoms with Gasteiger partial charge in [0.25, 0.3) is 5.91 Å². The molecule has 0 aliphatic heterocycles. The summed E-state index contributed by atoms with van der Waals surface area (Å²) in [6, 6.07) is 6.45. The Labute approximate surface area is 111 Å². The van der Waals surface area contributed by atoms with E-state index in [4.69, 9.17) is 21.8 Å². The molecule has 1 aromatic heterocycles. The van der Waals surface area contributed by atoms with E-state index in [9.17, 15) is 4.79 Å². The summed E-state index contributed by atoms with van der Waals surface area (Å²) in [5.41, 5.74) is 7.02. The molecule has 2 aromatic rings. The second-order valence-electron chi connectivity index (χ2n) is 3.30. The molecule has 6 heteroatoms. The Morgan fingerprint density at radius 1 is 1.41 bits per heavy atom. The molecule has 0 bridgehead atoms. The van der Waals surface area contributed by atoms with Gasteiger partial charge in [0.1, 0.15) is 0 Å². The van der Waals surface area contributed by atoms with Crippen LogP contribution < -0.4 is 11.1 Å². The van der Waals surface area contributed by atoms with Crippen molar-refractivity contribution in [2.24, 2.45) is 0 Å². The molecule has 0 fully saturated rings. The molecular weight excluding hydrogens is 307 g/mol. The Hall–Kier alpha value is -1.46. The summed E-state index contributed by atoms with van der Waals surface area (Å²) in [7, 11) is 0. The molecule has 1 aromatic carbocycles. The molecule has 4 nitrogen and oxygen atoms in total. The summed E-state index contributed by atoms with van der Waals surface area (Å²) >= 11 is 8.98. The van der Waals surface area contributed by atoms with Gasteiger partial charge in [0.15, 0.2) is 4.67 Å². The minimum Gasteiger partial charge on any atom is -0.457 e. The maximum absolute atomic E-state index is 11.8. The lowest BCUT2D eigenvalue weighted by Crippen LogP contribution is -2.11. The van der Waals surface area contributed by atoms with Crippen molar-refractivity contribution in [1.82, 2.24) is 0 Å². The summed E-state index contributed by atoms with van der Waals surface area (Å²) < 4.78 is 5.36. The monoisotopic (exact) mass is 314 g/mol. The second-order valence-corrected chi connectivity index (χ2v) is 4.43. The van der Waals surface area contributed by atoms with Crippen molar-refractivity contribution in [3.05, 3.63) is 45.8 Å². The minimum absolute atomic E-state index is 0.286. The lowest BCUT2D eigenvalue weighted by molar-refractivity contribution is 0.102. The average molecular weight is 316 g/mol. The number of carbonyl (C=O) groups excluding carboxylic acids is 1. The van der Waals surface area contributed by atoms with E-state index in [0.717, 1.165) is 0 Å². The Bertz CT molecular complexity index is 568. The van der Waals surface area contributed by atoms with E-state index in [1.54, 1.807) is 24.3 Å². The van der Waals surface area contributed by atoms with Crippen molar-refractivity contribution in [1.29, 1.82) is 0 Å². The number of hydrogen-bond acceptors (Lipinski definition) is 3. The van der Waals surface area contributed by atoms with E-state index in [2.05, 4.69) is 21.2 Å². The Morgan fingerprint density at radius 2 is 2.18 bits per heavy atom. The fourth-order valence-corrected chi connectivity index (χ4v) is 1.86.